The third kappa shape index (κ3) is 1.99. The molecule has 0 bridgehead atoms. The average molecular weight is 257 g/mol. The van der Waals surface area contributed by atoms with E-state index in [-0.39, 0.29) is 4.90 Å². The number of halogens is 1. The molecule has 0 unspecified atom stereocenters. The summed E-state index contributed by atoms with van der Waals surface area (Å²) in [7, 11) is 3.12. The third-order valence-corrected chi connectivity index (χ3v) is 3.67. The summed E-state index contributed by atoms with van der Waals surface area (Å²) in [4.78, 5) is 0.0752. The van der Waals surface area contributed by atoms with Crippen LogP contribution in [0.4, 0.5) is 0 Å². The van der Waals surface area contributed by atoms with Gasteiger partial charge in [-0.25, -0.2) is 8.42 Å². The topological polar surface area (TPSA) is 43.4 Å². The minimum Gasteiger partial charge on any atom is -0.496 e. The van der Waals surface area contributed by atoms with Crippen molar-refractivity contribution in [3.05, 3.63) is 36.4 Å². The molecule has 0 aliphatic carbocycles. The number of methoxy groups -OCH3 is 1. The number of hydrogen-bond donors (Lipinski definition) is 0. The standard InChI is InChI=1S/C11H9ClO3S/c1-15-11-4-2-3-8-5-6-9(7-10(8)11)16(12,13)14/h2-7H,1H3. The van der Waals surface area contributed by atoms with Crippen LogP contribution in [-0.4, -0.2) is 15.5 Å². The van der Waals surface area contributed by atoms with Crippen molar-refractivity contribution in [3.63, 3.8) is 0 Å². The van der Waals surface area contributed by atoms with E-state index in [1.165, 1.54) is 19.2 Å². The maximum Gasteiger partial charge on any atom is 0.261 e. The van der Waals surface area contributed by atoms with E-state index >= 15 is 0 Å². The van der Waals surface area contributed by atoms with E-state index in [2.05, 4.69) is 0 Å². The minimum atomic E-state index is -3.70. The molecule has 0 fully saturated rings. The first-order chi connectivity index (χ1) is 7.52. The van der Waals surface area contributed by atoms with Crippen molar-refractivity contribution >= 4 is 30.5 Å². The maximum absolute atomic E-state index is 11.2. The summed E-state index contributed by atoms with van der Waals surface area (Å²) in [6, 6.07) is 10.2. The van der Waals surface area contributed by atoms with Gasteiger partial charge >= 0.3 is 0 Å². The lowest BCUT2D eigenvalue weighted by Crippen LogP contribution is -1.91. The Kier molecular flexibility index (Phi) is 2.78. The highest BCUT2D eigenvalue weighted by Crippen LogP contribution is 2.28. The lowest BCUT2D eigenvalue weighted by molar-refractivity contribution is 0.420. The molecule has 2 aromatic carbocycles. The number of benzene rings is 2. The SMILES string of the molecule is COc1cccc2ccc(S(=O)(=O)Cl)cc12. The number of hydrogen-bond acceptors (Lipinski definition) is 3. The molecular weight excluding hydrogens is 248 g/mol. The first-order valence-electron chi connectivity index (χ1n) is 4.54. The molecule has 0 aromatic heterocycles. The van der Waals surface area contributed by atoms with Gasteiger partial charge in [0.05, 0.1) is 12.0 Å². The van der Waals surface area contributed by atoms with Crippen LogP contribution in [0.5, 0.6) is 5.75 Å². The van der Waals surface area contributed by atoms with Crippen LogP contribution in [0.1, 0.15) is 0 Å². The zero-order valence-electron chi connectivity index (χ0n) is 8.48. The predicted molar refractivity (Wildman–Crippen MR) is 63.5 cm³/mol. The highest BCUT2D eigenvalue weighted by atomic mass is 35.7. The zero-order chi connectivity index (χ0) is 11.8. The fourth-order valence-corrected chi connectivity index (χ4v) is 2.33. The van der Waals surface area contributed by atoms with Crippen molar-refractivity contribution in [2.24, 2.45) is 0 Å². The second-order valence-corrected chi connectivity index (χ2v) is 5.85. The molecule has 16 heavy (non-hydrogen) atoms. The second-order valence-electron chi connectivity index (χ2n) is 3.28. The second kappa shape index (κ2) is 3.96. The minimum absolute atomic E-state index is 0.0752. The van der Waals surface area contributed by atoms with Crippen molar-refractivity contribution in [2.75, 3.05) is 7.11 Å². The van der Waals surface area contributed by atoms with Gasteiger partial charge in [-0.1, -0.05) is 18.2 Å². The van der Waals surface area contributed by atoms with Crippen LogP contribution in [0.3, 0.4) is 0 Å². The van der Waals surface area contributed by atoms with Crippen molar-refractivity contribution in [1.82, 2.24) is 0 Å². The van der Waals surface area contributed by atoms with Crippen LogP contribution in [-0.2, 0) is 9.05 Å². The molecule has 0 saturated carbocycles. The molecule has 0 aliphatic rings. The van der Waals surface area contributed by atoms with Gasteiger partial charge in [-0.15, -0.1) is 0 Å². The molecule has 0 radical (unpaired) electrons. The molecule has 3 nitrogen and oxygen atoms in total. The monoisotopic (exact) mass is 256 g/mol. The Bertz CT molecular complexity index is 635. The van der Waals surface area contributed by atoms with Gasteiger partial charge < -0.3 is 4.74 Å². The van der Waals surface area contributed by atoms with E-state index in [4.69, 9.17) is 15.4 Å². The van der Waals surface area contributed by atoms with Gasteiger partial charge in [0, 0.05) is 16.1 Å². The highest BCUT2D eigenvalue weighted by molar-refractivity contribution is 8.13. The van der Waals surface area contributed by atoms with Gasteiger partial charge in [0.25, 0.3) is 9.05 Å². The van der Waals surface area contributed by atoms with E-state index in [1.807, 2.05) is 12.1 Å². The summed E-state index contributed by atoms with van der Waals surface area (Å²) >= 11 is 0. The van der Waals surface area contributed by atoms with E-state index < -0.39 is 9.05 Å². The number of fused-ring (bicyclic) bond motifs is 1. The Morgan fingerprint density at radius 3 is 2.56 bits per heavy atom. The van der Waals surface area contributed by atoms with Crippen LogP contribution in [0, 0.1) is 0 Å². The summed E-state index contributed by atoms with van der Waals surface area (Å²) in [6.07, 6.45) is 0. The normalized spacial score (nSPS) is 11.6. The van der Waals surface area contributed by atoms with Crippen molar-refractivity contribution in [2.45, 2.75) is 4.90 Å². The smallest absolute Gasteiger partial charge is 0.261 e. The first kappa shape index (κ1) is 11.2. The van der Waals surface area contributed by atoms with E-state index in [1.54, 1.807) is 12.1 Å². The quantitative estimate of drug-likeness (QED) is 0.776. The number of ether oxygens (including phenoxy) is 1. The summed E-state index contributed by atoms with van der Waals surface area (Å²) in [5.74, 6) is 0.625. The van der Waals surface area contributed by atoms with Gasteiger partial charge in [0.15, 0.2) is 0 Å². The van der Waals surface area contributed by atoms with E-state index in [0.29, 0.717) is 5.75 Å². The van der Waals surface area contributed by atoms with Crippen molar-refractivity contribution < 1.29 is 13.2 Å². The van der Waals surface area contributed by atoms with Gasteiger partial charge in [-0.2, -0.15) is 0 Å². The summed E-state index contributed by atoms with van der Waals surface area (Å²) in [5, 5.41) is 1.63. The first-order valence-corrected chi connectivity index (χ1v) is 6.85. The fourth-order valence-electron chi connectivity index (χ4n) is 1.55. The molecule has 0 spiro atoms. The molecule has 5 heteroatoms. The van der Waals surface area contributed by atoms with Gasteiger partial charge in [0.2, 0.25) is 0 Å². The molecule has 0 atom stereocenters. The lowest BCUT2D eigenvalue weighted by Gasteiger charge is -2.06. The Morgan fingerprint density at radius 2 is 1.94 bits per heavy atom. The molecule has 84 valence electrons. The molecule has 0 heterocycles. The molecule has 0 aliphatic heterocycles. The summed E-state index contributed by atoms with van der Waals surface area (Å²) in [5.41, 5.74) is 0. The molecular formula is C11H9ClO3S. The third-order valence-electron chi connectivity index (χ3n) is 2.32. The largest absolute Gasteiger partial charge is 0.496 e. The summed E-state index contributed by atoms with van der Waals surface area (Å²) in [6.45, 7) is 0. The van der Waals surface area contributed by atoms with Gasteiger partial charge in [-0.05, 0) is 23.6 Å². The molecule has 2 aromatic rings. The van der Waals surface area contributed by atoms with Crippen LogP contribution in [0.2, 0.25) is 0 Å². The molecule has 0 saturated heterocycles. The Labute approximate surface area is 98.0 Å². The van der Waals surface area contributed by atoms with E-state index in [0.717, 1.165) is 10.8 Å². The van der Waals surface area contributed by atoms with Crippen molar-refractivity contribution in [1.29, 1.82) is 0 Å². The Balaban J connectivity index is 2.78. The lowest BCUT2D eigenvalue weighted by atomic mass is 10.1. The molecule has 0 amide bonds. The predicted octanol–water partition coefficient (Wildman–Crippen LogP) is 2.78. The molecule has 0 N–H and O–H groups in total. The highest BCUT2D eigenvalue weighted by Gasteiger charge is 2.11. The van der Waals surface area contributed by atoms with Crippen LogP contribution < -0.4 is 4.74 Å². The summed E-state index contributed by atoms with van der Waals surface area (Å²) < 4.78 is 27.6. The van der Waals surface area contributed by atoms with Crippen LogP contribution >= 0.6 is 10.7 Å². The maximum atomic E-state index is 11.2. The molecule has 2 rings (SSSR count). The van der Waals surface area contributed by atoms with Crippen LogP contribution in [0.15, 0.2) is 41.3 Å². The van der Waals surface area contributed by atoms with E-state index in [9.17, 15) is 8.42 Å². The number of rotatable bonds is 2. The zero-order valence-corrected chi connectivity index (χ0v) is 10.0. The van der Waals surface area contributed by atoms with Crippen LogP contribution in [0.25, 0.3) is 10.8 Å². The van der Waals surface area contributed by atoms with Crippen molar-refractivity contribution in [3.8, 4) is 5.75 Å². The Morgan fingerprint density at radius 1 is 1.19 bits per heavy atom. The fraction of sp³-hybridized carbons (Fsp3) is 0.0909. The van der Waals surface area contributed by atoms with Gasteiger partial charge in [-0.3, -0.25) is 0 Å². The Hall–Kier alpha value is -1.26. The average Bonchev–Trinajstić information content (AvgIpc) is 2.26. The van der Waals surface area contributed by atoms with Gasteiger partial charge in [0.1, 0.15) is 5.75 Å².